The minimum atomic E-state index is 0.325. The Labute approximate surface area is 84.3 Å². The maximum atomic E-state index is 5.89. The fraction of sp³-hybridized carbons (Fsp3) is 0.600. The van der Waals surface area contributed by atoms with E-state index in [0.717, 1.165) is 12.0 Å². The van der Waals surface area contributed by atoms with Crippen molar-refractivity contribution < 1.29 is 4.42 Å². The predicted molar refractivity (Wildman–Crippen MR) is 55.0 cm³/mol. The second-order valence-electron chi connectivity index (χ2n) is 3.13. The third-order valence-electron chi connectivity index (χ3n) is 2.22. The van der Waals surface area contributed by atoms with Gasteiger partial charge in [-0.25, -0.2) is 0 Å². The number of halogens is 1. The Balaban J connectivity index is 2.61. The van der Waals surface area contributed by atoms with Gasteiger partial charge in [-0.15, -0.1) is 0 Å². The first-order valence-electron chi connectivity index (χ1n) is 4.69. The molecule has 3 heteroatoms. The van der Waals surface area contributed by atoms with Crippen molar-refractivity contribution in [1.82, 2.24) is 5.32 Å². The molecule has 1 atom stereocenters. The van der Waals surface area contributed by atoms with Gasteiger partial charge in [-0.1, -0.05) is 19.8 Å². The van der Waals surface area contributed by atoms with Gasteiger partial charge in [0.25, 0.3) is 0 Å². The van der Waals surface area contributed by atoms with E-state index in [0.29, 0.717) is 11.3 Å². The van der Waals surface area contributed by atoms with Crippen molar-refractivity contribution in [2.75, 3.05) is 7.05 Å². The summed E-state index contributed by atoms with van der Waals surface area (Å²) in [6.07, 6.45) is 5.14. The van der Waals surface area contributed by atoms with Crippen LogP contribution in [0.1, 0.15) is 37.8 Å². The molecular weight excluding hydrogens is 186 g/mol. The van der Waals surface area contributed by atoms with E-state index in [4.69, 9.17) is 16.0 Å². The Morgan fingerprint density at radius 1 is 1.62 bits per heavy atom. The van der Waals surface area contributed by atoms with Gasteiger partial charge in [-0.2, -0.15) is 0 Å². The third kappa shape index (κ3) is 2.75. The van der Waals surface area contributed by atoms with Gasteiger partial charge in [0.05, 0.1) is 6.26 Å². The topological polar surface area (TPSA) is 25.2 Å². The van der Waals surface area contributed by atoms with Crippen molar-refractivity contribution in [2.24, 2.45) is 0 Å². The van der Waals surface area contributed by atoms with Gasteiger partial charge in [0.2, 0.25) is 0 Å². The van der Waals surface area contributed by atoms with E-state index >= 15 is 0 Å². The lowest BCUT2D eigenvalue weighted by Gasteiger charge is -2.13. The van der Waals surface area contributed by atoms with Crippen LogP contribution in [-0.4, -0.2) is 7.05 Å². The maximum Gasteiger partial charge on any atom is 0.197 e. The summed E-state index contributed by atoms with van der Waals surface area (Å²) in [7, 11) is 1.95. The molecule has 1 rings (SSSR count). The molecule has 13 heavy (non-hydrogen) atoms. The quantitative estimate of drug-likeness (QED) is 0.790. The summed E-state index contributed by atoms with van der Waals surface area (Å²) in [6.45, 7) is 2.18. The molecule has 0 fully saturated rings. The molecule has 74 valence electrons. The summed E-state index contributed by atoms with van der Waals surface area (Å²) in [6, 6.07) is 2.25. The van der Waals surface area contributed by atoms with Gasteiger partial charge >= 0.3 is 0 Å². The first kappa shape index (κ1) is 10.6. The third-order valence-corrected chi connectivity index (χ3v) is 2.52. The van der Waals surface area contributed by atoms with Gasteiger partial charge in [-0.3, -0.25) is 0 Å². The Morgan fingerprint density at radius 2 is 2.38 bits per heavy atom. The summed E-state index contributed by atoms with van der Waals surface area (Å²) in [4.78, 5) is 0. The van der Waals surface area contributed by atoms with E-state index in [1.807, 2.05) is 13.1 Å². The molecule has 0 amide bonds. The zero-order valence-corrected chi connectivity index (χ0v) is 8.90. The first-order chi connectivity index (χ1) is 6.29. The molecule has 0 radical (unpaired) electrons. The number of unbranched alkanes of at least 4 members (excludes halogenated alkanes) is 1. The van der Waals surface area contributed by atoms with Gasteiger partial charge in [0.1, 0.15) is 0 Å². The lowest BCUT2D eigenvalue weighted by atomic mass is 10.0. The Bertz CT molecular complexity index is 247. The molecule has 0 spiro atoms. The lowest BCUT2D eigenvalue weighted by molar-refractivity contribution is 0.508. The molecule has 1 aromatic heterocycles. The molecule has 1 heterocycles. The van der Waals surface area contributed by atoms with E-state index in [-0.39, 0.29) is 0 Å². The van der Waals surface area contributed by atoms with Crippen molar-refractivity contribution in [2.45, 2.75) is 32.2 Å². The van der Waals surface area contributed by atoms with Gasteiger partial charge in [0.15, 0.2) is 5.22 Å². The first-order valence-corrected chi connectivity index (χ1v) is 5.07. The molecule has 2 nitrogen and oxygen atoms in total. The van der Waals surface area contributed by atoms with Gasteiger partial charge < -0.3 is 9.73 Å². The average Bonchev–Trinajstić information content (AvgIpc) is 2.54. The van der Waals surface area contributed by atoms with Crippen LogP contribution in [0.4, 0.5) is 0 Å². The smallest absolute Gasteiger partial charge is 0.197 e. The highest BCUT2D eigenvalue weighted by Crippen LogP contribution is 2.27. The second-order valence-corrected chi connectivity index (χ2v) is 3.48. The summed E-state index contributed by atoms with van der Waals surface area (Å²) in [5, 5.41) is 3.75. The fourth-order valence-corrected chi connectivity index (χ4v) is 1.66. The second kappa shape index (κ2) is 5.30. The van der Waals surface area contributed by atoms with Crippen LogP contribution >= 0.6 is 11.6 Å². The Morgan fingerprint density at radius 3 is 2.85 bits per heavy atom. The molecule has 1 aromatic rings. The number of hydrogen-bond donors (Lipinski definition) is 1. The molecule has 0 aliphatic rings. The molecule has 0 aliphatic heterocycles. The van der Waals surface area contributed by atoms with Crippen molar-refractivity contribution in [1.29, 1.82) is 0 Å². The molecule has 1 unspecified atom stereocenters. The molecule has 0 saturated heterocycles. The molecule has 1 N–H and O–H groups in total. The van der Waals surface area contributed by atoms with Crippen LogP contribution in [-0.2, 0) is 0 Å². The molecule has 0 aliphatic carbocycles. The summed E-state index contributed by atoms with van der Waals surface area (Å²) < 4.78 is 5.05. The van der Waals surface area contributed by atoms with Crippen LogP contribution in [0.25, 0.3) is 0 Å². The Kier molecular flexibility index (Phi) is 4.33. The molecule has 0 saturated carbocycles. The van der Waals surface area contributed by atoms with E-state index in [9.17, 15) is 0 Å². The largest absolute Gasteiger partial charge is 0.453 e. The highest BCUT2D eigenvalue weighted by molar-refractivity contribution is 6.29. The van der Waals surface area contributed by atoms with Crippen LogP contribution in [0.15, 0.2) is 16.7 Å². The monoisotopic (exact) mass is 201 g/mol. The number of rotatable bonds is 5. The molecule has 0 aromatic carbocycles. The van der Waals surface area contributed by atoms with Crippen molar-refractivity contribution >= 4 is 11.6 Å². The normalized spacial score (nSPS) is 13.2. The zero-order chi connectivity index (χ0) is 9.68. The minimum Gasteiger partial charge on any atom is -0.453 e. The van der Waals surface area contributed by atoms with Crippen molar-refractivity contribution in [3.8, 4) is 0 Å². The minimum absolute atomic E-state index is 0.325. The SMILES string of the molecule is CCCCC(NC)c1ccoc1Cl. The van der Waals surface area contributed by atoms with Gasteiger partial charge in [-0.05, 0) is 31.1 Å². The summed E-state index contributed by atoms with van der Waals surface area (Å²) in [5.74, 6) is 0. The number of nitrogens with one attached hydrogen (secondary N) is 1. The highest BCUT2D eigenvalue weighted by Gasteiger charge is 2.13. The summed E-state index contributed by atoms with van der Waals surface area (Å²) >= 11 is 5.89. The van der Waals surface area contributed by atoms with Crippen LogP contribution in [0, 0.1) is 0 Å². The van der Waals surface area contributed by atoms with Crippen LogP contribution in [0.3, 0.4) is 0 Å². The van der Waals surface area contributed by atoms with E-state index < -0.39 is 0 Å². The van der Waals surface area contributed by atoms with Crippen LogP contribution in [0.2, 0.25) is 5.22 Å². The zero-order valence-electron chi connectivity index (χ0n) is 8.14. The Hall–Kier alpha value is -0.470. The van der Waals surface area contributed by atoms with Crippen molar-refractivity contribution in [3.05, 3.63) is 23.1 Å². The molecule has 0 bridgehead atoms. The van der Waals surface area contributed by atoms with Crippen LogP contribution < -0.4 is 5.32 Å². The van der Waals surface area contributed by atoms with Crippen molar-refractivity contribution in [3.63, 3.8) is 0 Å². The maximum absolute atomic E-state index is 5.89. The fourth-order valence-electron chi connectivity index (χ4n) is 1.42. The standard InChI is InChI=1S/C10H16ClNO/c1-3-4-5-9(12-2)8-6-7-13-10(8)11/h6-7,9,12H,3-5H2,1-2H3. The number of hydrogen-bond acceptors (Lipinski definition) is 2. The van der Waals surface area contributed by atoms with E-state index in [1.165, 1.54) is 12.8 Å². The lowest BCUT2D eigenvalue weighted by Crippen LogP contribution is -2.15. The van der Waals surface area contributed by atoms with Gasteiger partial charge in [0, 0.05) is 11.6 Å². The molecular formula is C10H16ClNO. The van der Waals surface area contributed by atoms with E-state index in [2.05, 4.69) is 12.2 Å². The predicted octanol–water partition coefficient (Wildman–Crippen LogP) is 3.38. The highest BCUT2D eigenvalue weighted by atomic mass is 35.5. The summed E-state index contributed by atoms with van der Waals surface area (Å²) in [5.41, 5.74) is 1.07. The number of furan rings is 1. The average molecular weight is 202 g/mol. The van der Waals surface area contributed by atoms with Crippen LogP contribution in [0.5, 0.6) is 0 Å². The van der Waals surface area contributed by atoms with E-state index in [1.54, 1.807) is 6.26 Å².